The number of H-pyrrole nitrogens is 1. The lowest BCUT2D eigenvalue weighted by molar-refractivity contribution is -0.115. The number of aryl methyl sites for hydroxylation is 1. The van der Waals surface area contributed by atoms with Crippen LogP contribution in [-0.2, 0) is 16.1 Å². The molecule has 11 nitrogen and oxygen atoms in total. The molecule has 0 atom stereocenters. The molecule has 0 aliphatic heterocycles. The number of carbonyl (C=O) groups is 1. The largest absolute Gasteiger partial charge is 0.383 e. The van der Waals surface area contributed by atoms with E-state index in [4.69, 9.17) is 10.5 Å². The molecule has 0 aliphatic carbocycles. The van der Waals surface area contributed by atoms with E-state index >= 15 is 0 Å². The third kappa shape index (κ3) is 6.15. The number of anilines is 3. The Morgan fingerprint density at radius 3 is 2.66 bits per heavy atom. The van der Waals surface area contributed by atoms with E-state index in [-0.39, 0.29) is 37.0 Å². The Morgan fingerprint density at radius 1 is 1.29 bits per heavy atom. The van der Waals surface area contributed by atoms with Crippen LogP contribution in [0.25, 0.3) is 5.69 Å². The van der Waals surface area contributed by atoms with Crippen LogP contribution in [0.5, 0.6) is 0 Å². The van der Waals surface area contributed by atoms with Gasteiger partial charge in [0.2, 0.25) is 5.91 Å². The van der Waals surface area contributed by atoms with Crippen molar-refractivity contribution in [1.29, 1.82) is 0 Å². The summed E-state index contributed by atoms with van der Waals surface area (Å²) in [6, 6.07) is 7.36. The number of methoxy groups -OCH3 is 1. The van der Waals surface area contributed by atoms with Crippen LogP contribution in [0, 0.1) is 12.7 Å². The first kappa shape index (κ1) is 25.7. The number of benzene rings is 1. The van der Waals surface area contributed by atoms with Crippen molar-refractivity contribution in [2.45, 2.75) is 33.2 Å². The molecule has 35 heavy (non-hydrogen) atoms. The van der Waals surface area contributed by atoms with Crippen molar-refractivity contribution in [3.63, 3.8) is 0 Å². The maximum atomic E-state index is 13.3. The van der Waals surface area contributed by atoms with Gasteiger partial charge in [-0.15, -0.1) is 0 Å². The molecular weight excluding hydrogens is 457 g/mol. The van der Waals surface area contributed by atoms with Gasteiger partial charge in [-0.2, -0.15) is 5.10 Å². The summed E-state index contributed by atoms with van der Waals surface area (Å²) < 4.78 is 21.3. The first-order valence-electron chi connectivity index (χ1n) is 11.2. The number of rotatable bonds is 11. The lowest BCUT2D eigenvalue weighted by atomic mass is 10.3. The van der Waals surface area contributed by atoms with Crippen molar-refractivity contribution in [2.75, 3.05) is 42.8 Å². The van der Waals surface area contributed by atoms with Crippen LogP contribution in [-0.4, -0.2) is 52.0 Å². The van der Waals surface area contributed by atoms with Gasteiger partial charge >= 0.3 is 5.69 Å². The first-order chi connectivity index (χ1) is 16.7. The summed E-state index contributed by atoms with van der Waals surface area (Å²) in [4.78, 5) is 41.8. The number of amides is 1. The number of aromatic nitrogens is 4. The molecule has 0 aliphatic rings. The van der Waals surface area contributed by atoms with Gasteiger partial charge in [0, 0.05) is 26.3 Å². The van der Waals surface area contributed by atoms with Gasteiger partial charge in [0.15, 0.2) is 0 Å². The number of nitrogens with zero attached hydrogens (tertiary/aromatic N) is 4. The number of ether oxygens (including phenoxy) is 1. The van der Waals surface area contributed by atoms with E-state index in [1.165, 1.54) is 33.4 Å². The molecule has 188 valence electrons. The number of nitrogens with one attached hydrogen (secondary N) is 2. The second-order valence-corrected chi connectivity index (χ2v) is 8.02. The summed E-state index contributed by atoms with van der Waals surface area (Å²) in [5.41, 5.74) is 6.18. The van der Waals surface area contributed by atoms with Crippen LogP contribution in [0.1, 0.15) is 25.5 Å². The van der Waals surface area contributed by atoms with E-state index in [1.54, 1.807) is 25.1 Å². The van der Waals surface area contributed by atoms with Crippen LogP contribution in [0.3, 0.4) is 0 Å². The molecule has 4 N–H and O–H groups in total. The second-order valence-electron chi connectivity index (χ2n) is 8.02. The van der Waals surface area contributed by atoms with Crippen molar-refractivity contribution in [1.82, 2.24) is 19.3 Å². The zero-order valence-electron chi connectivity index (χ0n) is 20.0. The van der Waals surface area contributed by atoms with E-state index in [9.17, 15) is 18.8 Å². The highest BCUT2D eigenvalue weighted by atomic mass is 19.1. The van der Waals surface area contributed by atoms with Crippen molar-refractivity contribution < 1.29 is 13.9 Å². The number of carbonyl (C=O) groups excluding carboxylic acids is 1. The zero-order chi connectivity index (χ0) is 25.5. The summed E-state index contributed by atoms with van der Waals surface area (Å²) >= 11 is 0. The van der Waals surface area contributed by atoms with Gasteiger partial charge in [-0.25, -0.2) is 13.9 Å². The van der Waals surface area contributed by atoms with E-state index in [0.717, 1.165) is 6.42 Å². The molecule has 0 radical (unpaired) electrons. The van der Waals surface area contributed by atoms with Crippen LogP contribution >= 0.6 is 0 Å². The Hall–Kier alpha value is -3.93. The Bertz CT molecular complexity index is 1280. The third-order valence-corrected chi connectivity index (χ3v) is 5.34. The number of hydrogen-bond acceptors (Lipinski definition) is 7. The minimum Gasteiger partial charge on any atom is -0.383 e. The fourth-order valence-electron chi connectivity index (χ4n) is 3.62. The van der Waals surface area contributed by atoms with Crippen molar-refractivity contribution >= 4 is 23.2 Å². The quantitative estimate of drug-likeness (QED) is 0.373. The van der Waals surface area contributed by atoms with Crippen LogP contribution in [0.2, 0.25) is 0 Å². The average molecular weight is 488 g/mol. The van der Waals surface area contributed by atoms with Gasteiger partial charge in [0.05, 0.1) is 24.5 Å². The summed E-state index contributed by atoms with van der Waals surface area (Å²) in [5, 5.41) is 7.15. The molecule has 0 saturated heterocycles. The molecule has 1 aromatic carbocycles. The maximum Gasteiger partial charge on any atom is 0.330 e. The predicted molar refractivity (Wildman–Crippen MR) is 132 cm³/mol. The van der Waals surface area contributed by atoms with Gasteiger partial charge in [0.25, 0.3) is 5.56 Å². The molecule has 0 unspecified atom stereocenters. The molecule has 1 amide bonds. The van der Waals surface area contributed by atoms with E-state index < -0.39 is 17.2 Å². The fourth-order valence-corrected chi connectivity index (χ4v) is 3.62. The van der Waals surface area contributed by atoms with Crippen LogP contribution in [0.15, 0.2) is 39.9 Å². The summed E-state index contributed by atoms with van der Waals surface area (Å²) in [6.45, 7) is 4.23. The predicted octanol–water partition coefficient (Wildman–Crippen LogP) is 1.64. The minimum absolute atomic E-state index is 0.0108. The number of nitrogen functional groups attached to an aromatic ring is 1. The number of nitrogens with two attached hydrogens (primary N) is 1. The molecule has 0 fully saturated rings. The SMILES string of the molecule is CCCCn1c(N)c(N(CCOC)CC(=O)Nc2cc(C)nn2-c2ccc(F)cc2)c(=O)[nH]c1=O. The smallest absolute Gasteiger partial charge is 0.330 e. The lowest BCUT2D eigenvalue weighted by Crippen LogP contribution is -2.43. The molecule has 0 bridgehead atoms. The first-order valence-corrected chi connectivity index (χ1v) is 11.2. The highest BCUT2D eigenvalue weighted by Gasteiger charge is 2.22. The highest BCUT2D eigenvalue weighted by molar-refractivity contribution is 5.94. The van der Waals surface area contributed by atoms with Crippen LogP contribution in [0.4, 0.5) is 21.7 Å². The Kier molecular flexibility index (Phi) is 8.42. The molecule has 0 spiro atoms. The van der Waals surface area contributed by atoms with Crippen molar-refractivity contribution in [3.8, 4) is 5.69 Å². The molecule has 12 heteroatoms. The zero-order valence-corrected chi connectivity index (χ0v) is 20.0. The van der Waals surface area contributed by atoms with Gasteiger partial charge in [-0.3, -0.25) is 19.1 Å². The number of aromatic amines is 1. The number of hydrogen-bond donors (Lipinski definition) is 3. The Labute approximate surface area is 201 Å². The lowest BCUT2D eigenvalue weighted by Gasteiger charge is -2.25. The van der Waals surface area contributed by atoms with Gasteiger partial charge in [-0.1, -0.05) is 13.3 Å². The van der Waals surface area contributed by atoms with Gasteiger partial charge < -0.3 is 20.7 Å². The molecular formula is C23H30FN7O4. The summed E-state index contributed by atoms with van der Waals surface area (Å²) in [7, 11) is 1.50. The highest BCUT2D eigenvalue weighted by Crippen LogP contribution is 2.20. The van der Waals surface area contributed by atoms with E-state index in [1.807, 2.05) is 6.92 Å². The molecule has 2 aromatic heterocycles. The molecule has 2 heterocycles. The monoisotopic (exact) mass is 487 g/mol. The molecule has 3 rings (SSSR count). The third-order valence-electron chi connectivity index (χ3n) is 5.34. The fraction of sp³-hybridized carbons (Fsp3) is 0.391. The van der Waals surface area contributed by atoms with Crippen molar-refractivity contribution in [3.05, 3.63) is 62.7 Å². The number of halogens is 1. The van der Waals surface area contributed by atoms with Gasteiger partial charge in [-0.05, 0) is 37.6 Å². The van der Waals surface area contributed by atoms with E-state index in [0.29, 0.717) is 30.2 Å². The van der Waals surface area contributed by atoms with Gasteiger partial charge in [0.1, 0.15) is 23.1 Å². The second kappa shape index (κ2) is 11.5. The topological polar surface area (TPSA) is 140 Å². The summed E-state index contributed by atoms with van der Waals surface area (Å²) in [6.07, 6.45) is 1.53. The minimum atomic E-state index is -0.684. The molecule has 3 aromatic rings. The number of unbranched alkanes of at least 4 members (excludes halogenated alkanes) is 1. The van der Waals surface area contributed by atoms with Crippen LogP contribution < -0.4 is 27.2 Å². The normalized spacial score (nSPS) is 11.0. The van der Waals surface area contributed by atoms with Crippen molar-refractivity contribution in [2.24, 2.45) is 0 Å². The Balaban J connectivity index is 1.90. The maximum absolute atomic E-state index is 13.3. The Morgan fingerprint density at radius 2 is 2.00 bits per heavy atom. The standard InChI is InChI=1S/C23H30FN7O4/c1-4-5-10-30-21(25)20(22(33)27-23(30)34)29(11-12-35-3)14-19(32)26-18-13-15(2)28-31(18)17-8-6-16(24)7-9-17/h6-9,13H,4-5,10-12,14,25H2,1-3H3,(H,26,32)(H,27,33,34). The molecule has 0 saturated carbocycles. The van der Waals surface area contributed by atoms with E-state index in [2.05, 4.69) is 15.4 Å². The average Bonchev–Trinajstić information content (AvgIpc) is 3.17. The summed E-state index contributed by atoms with van der Waals surface area (Å²) in [5.74, 6) is -0.474.